The predicted molar refractivity (Wildman–Crippen MR) is 96.6 cm³/mol. The van der Waals surface area contributed by atoms with Gasteiger partial charge in [0.25, 0.3) is 0 Å². The lowest BCUT2D eigenvalue weighted by atomic mass is 10.0. The third-order valence-corrected chi connectivity index (χ3v) is 4.47. The molecule has 0 unspecified atom stereocenters. The van der Waals surface area contributed by atoms with Crippen LogP contribution in [-0.2, 0) is 17.6 Å². The first-order valence-corrected chi connectivity index (χ1v) is 8.68. The smallest absolute Gasteiger partial charge is 0.224 e. The van der Waals surface area contributed by atoms with Gasteiger partial charge in [-0.1, -0.05) is 54.6 Å². The minimum atomic E-state index is 0.0766. The summed E-state index contributed by atoms with van der Waals surface area (Å²) in [6, 6.07) is 20.6. The van der Waals surface area contributed by atoms with Crippen LogP contribution in [0.2, 0.25) is 0 Å². The Kier molecular flexibility index (Phi) is 5.22. The predicted octanol–water partition coefficient (Wildman–Crippen LogP) is 4.32. The Morgan fingerprint density at radius 1 is 0.870 bits per heavy atom. The Morgan fingerprint density at radius 2 is 1.61 bits per heavy atom. The second-order valence-electron chi connectivity index (χ2n) is 5.47. The van der Waals surface area contributed by atoms with Crippen LogP contribution in [-0.4, -0.2) is 12.5 Å². The van der Waals surface area contributed by atoms with Crippen LogP contribution < -0.4 is 5.32 Å². The standard InChI is InChI=1S/C20H19NOS/c22-20(21-12-10-17-11-13-23-15-17)14-16-6-8-19(9-7-16)18-4-2-1-3-5-18/h1-9,11,13,15H,10,12,14H2,(H,21,22). The zero-order valence-corrected chi connectivity index (χ0v) is 13.7. The number of amides is 1. The maximum atomic E-state index is 12.0. The number of carbonyl (C=O) groups excluding carboxylic acids is 1. The fourth-order valence-corrected chi connectivity index (χ4v) is 3.18. The van der Waals surface area contributed by atoms with Crippen molar-refractivity contribution in [2.75, 3.05) is 6.54 Å². The van der Waals surface area contributed by atoms with Crippen molar-refractivity contribution in [2.24, 2.45) is 0 Å². The summed E-state index contributed by atoms with van der Waals surface area (Å²) in [6.45, 7) is 0.692. The van der Waals surface area contributed by atoms with Crippen molar-refractivity contribution < 1.29 is 4.79 Å². The topological polar surface area (TPSA) is 29.1 Å². The third-order valence-electron chi connectivity index (χ3n) is 3.74. The van der Waals surface area contributed by atoms with E-state index in [0.29, 0.717) is 13.0 Å². The average molecular weight is 321 g/mol. The highest BCUT2D eigenvalue weighted by Crippen LogP contribution is 2.19. The number of thiophene rings is 1. The van der Waals surface area contributed by atoms with Crippen LogP contribution in [0.4, 0.5) is 0 Å². The van der Waals surface area contributed by atoms with Gasteiger partial charge in [-0.3, -0.25) is 4.79 Å². The highest BCUT2D eigenvalue weighted by atomic mass is 32.1. The molecule has 1 heterocycles. The summed E-state index contributed by atoms with van der Waals surface area (Å²) in [4.78, 5) is 12.0. The van der Waals surface area contributed by atoms with Crippen molar-refractivity contribution in [3.05, 3.63) is 82.6 Å². The Bertz CT molecular complexity index is 733. The number of hydrogen-bond acceptors (Lipinski definition) is 2. The number of carbonyl (C=O) groups is 1. The van der Waals surface area contributed by atoms with Gasteiger partial charge in [0.2, 0.25) is 5.91 Å². The lowest BCUT2D eigenvalue weighted by Crippen LogP contribution is -2.27. The molecule has 0 radical (unpaired) electrons. The van der Waals surface area contributed by atoms with E-state index in [4.69, 9.17) is 0 Å². The minimum absolute atomic E-state index is 0.0766. The van der Waals surface area contributed by atoms with Gasteiger partial charge in [0.05, 0.1) is 6.42 Å². The van der Waals surface area contributed by atoms with E-state index in [2.05, 4.69) is 46.4 Å². The molecule has 1 aromatic heterocycles. The normalized spacial score (nSPS) is 10.4. The van der Waals surface area contributed by atoms with Gasteiger partial charge in [-0.15, -0.1) is 0 Å². The molecule has 0 spiro atoms. The Labute approximate surface area is 140 Å². The molecular formula is C20H19NOS. The largest absolute Gasteiger partial charge is 0.355 e. The molecule has 116 valence electrons. The van der Waals surface area contributed by atoms with Crippen molar-refractivity contribution in [2.45, 2.75) is 12.8 Å². The summed E-state index contributed by atoms with van der Waals surface area (Å²) in [5, 5.41) is 7.16. The lowest BCUT2D eigenvalue weighted by molar-refractivity contribution is -0.120. The van der Waals surface area contributed by atoms with Crippen LogP contribution in [0.3, 0.4) is 0 Å². The van der Waals surface area contributed by atoms with E-state index >= 15 is 0 Å². The van der Waals surface area contributed by atoms with Crippen LogP contribution in [0.25, 0.3) is 11.1 Å². The van der Waals surface area contributed by atoms with Gasteiger partial charge in [0, 0.05) is 6.54 Å². The monoisotopic (exact) mass is 321 g/mol. The number of hydrogen-bond donors (Lipinski definition) is 1. The third kappa shape index (κ3) is 4.54. The zero-order valence-electron chi connectivity index (χ0n) is 12.9. The van der Waals surface area contributed by atoms with Crippen molar-refractivity contribution in [3.63, 3.8) is 0 Å². The van der Waals surface area contributed by atoms with E-state index in [-0.39, 0.29) is 5.91 Å². The van der Waals surface area contributed by atoms with Gasteiger partial charge in [0.1, 0.15) is 0 Å². The SMILES string of the molecule is O=C(Cc1ccc(-c2ccccc2)cc1)NCCc1ccsc1. The zero-order chi connectivity index (χ0) is 15.9. The second-order valence-corrected chi connectivity index (χ2v) is 6.25. The summed E-state index contributed by atoms with van der Waals surface area (Å²) >= 11 is 1.69. The molecule has 0 aliphatic heterocycles. The lowest BCUT2D eigenvalue weighted by Gasteiger charge is -2.06. The first-order valence-electron chi connectivity index (χ1n) is 7.73. The summed E-state index contributed by atoms with van der Waals surface area (Å²) < 4.78 is 0. The van der Waals surface area contributed by atoms with Gasteiger partial charge < -0.3 is 5.32 Å². The van der Waals surface area contributed by atoms with Crippen LogP contribution in [0.15, 0.2) is 71.4 Å². The van der Waals surface area contributed by atoms with E-state index in [1.807, 2.05) is 30.3 Å². The molecule has 3 aromatic rings. The molecular weight excluding hydrogens is 302 g/mol. The summed E-state index contributed by atoms with van der Waals surface area (Å²) in [5.74, 6) is 0.0766. The van der Waals surface area contributed by atoms with Crippen molar-refractivity contribution >= 4 is 17.2 Å². The molecule has 0 saturated carbocycles. The van der Waals surface area contributed by atoms with E-state index in [0.717, 1.165) is 12.0 Å². The highest BCUT2D eigenvalue weighted by molar-refractivity contribution is 7.07. The van der Waals surface area contributed by atoms with Gasteiger partial charge in [0.15, 0.2) is 0 Å². The van der Waals surface area contributed by atoms with Crippen LogP contribution in [0.5, 0.6) is 0 Å². The van der Waals surface area contributed by atoms with Gasteiger partial charge >= 0.3 is 0 Å². The van der Waals surface area contributed by atoms with Gasteiger partial charge in [-0.05, 0) is 45.5 Å². The second kappa shape index (κ2) is 7.75. The van der Waals surface area contributed by atoms with Crippen LogP contribution in [0, 0.1) is 0 Å². The minimum Gasteiger partial charge on any atom is -0.355 e. The summed E-state index contributed by atoms with van der Waals surface area (Å²) in [6.07, 6.45) is 1.32. The molecule has 0 fully saturated rings. The molecule has 3 rings (SSSR count). The molecule has 0 saturated heterocycles. The van der Waals surface area contributed by atoms with Crippen molar-refractivity contribution in [1.29, 1.82) is 0 Å². The number of benzene rings is 2. The number of rotatable bonds is 6. The Morgan fingerprint density at radius 3 is 2.30 bits per heavy atom. The quantitative estimate of drug-likeness (QED) is 0.720. The average Bonchev–Trinajstić information content (AvgIpc) is 3.10. The molecule has 1 amide bonds. The molecule has 2 aromatic carbocycles. The van der Waals surface area contributed by atoms with E-state index in [1.165, 1.54) is 16.7 Å². The Balaban J connectivity index is 1.50. The summed E-state index contributed by atoms with van der Waals surface area (Å²) in [7, 11) is 0. The molecule has 23 heavy (non-hydrogen) atoms. The molecule has 0 bridgehead atoms. The molecule has 1 N–H and O–H groups in total. The van der Waals surface area contributed by atoms with Crippen LogP contribution >= 0.6 is 11.3 Å². The van der Waals surface area contributed by atoms with E-state index in [1.54, 1.807) is 11.3 Å². The molecule has 2 nitrogen and oxygen atoms in total. The first kappa shape index (κ1) is 15.5. The van der Waals surface area contributed by atoms with Crippen molar-refractivity contribution in [3.8, 4) is 11.1 Å². The highest BCUT2D eigenvalue weighted by Gasteiger charge is 2.04. The van der Waals surface area contributed by atoms with Crippen molar-refractivity contribution in [1.82, 2.24) is 5.32 Å². The summed E-state index contributed by atoms with van der Waals surface area (Å²) in [5.41, 5.74) is 4.69. The van der Waals surface area contributed by atoms with Crippen LogP contribution in [0.1, 0.15) is 11.1 Å². The van der Waals surface area contributed by atoms with E-state index in [9.17, 15) is 4.79 Å². The van der Waals surface area contributed by atoms with E-state index < -0.39 is 0 Å². The maximum absolute atomic E-state index is 12.0. The molecule has 0 atom stereocenters. The molecule has 0 aliphatic carbocycles. The first-order chi connectivity index (χ1) is 11.3. The maximum Gasteiger partial charge on any atom is 0.224 e. The fourth-order valence-electron chi connectivity index (χ4n) is 2.47. The fraction of sp³-hybridized carbons (Fsp3) is 0.150. The number of nitrogens with one attached hydrogen (secondary N) is 1. The van der Waals surface area contributed by atoms with Gasteiger partial charge in [-0.25, -0.2) is 0 Å². The molecule has 3 heteroatoms. The molecule has 0 aliphatic rings. The Hall–Kier alpha value is -2.39. The van der Waals surface area contributed by atoms with Gasteiger partial charge in [-0.2, -0.15) is 11.3 Å².